The predicted octanol–water partition coefficient (Wildman–Crippen LogP) is 4.11. The Balaban J connectivity index is 1.83. The summed E-state index contributed by atoms with van der Waals surface area (Å²) < 4.78 is 0. The number of fused-ring (bicyclic) bond motifs is 1. The zero-order valence-electron chi connectivity index (χ0n) is 11.7. The van der Waals surface area contributed by atoms with Crippen molar-refractivity contribution in [2.45, 2.75) is 19.9 Å². The van der Waals surface area contributed by atoms with Crippen molar-refractivity contribution < 1.29 is 0 Å². The average Bonchev–Trinajstić information content (AvgIpc) is 2.48. The first-order chi connectivity index (χ1) is 9.72. The van der Waals surface area contributed by atoms with E-state index in [0.29, 0.717) is 0 Å². The summed E-state index contributed by atoms with van der Waals surface area (Å²) in [5.74, 6) is 0.803. The minimum Gasteiger partial charge on any atom is -0.362 e. The van der Waals surface area contributed by atoms with Crippen LogP contribution in [0.1, 0.15) is 24.1 Å². The molecule has 0 bridgehead atoms. The molecule has 1 N–H and O–H groups in total. The largest absolute Gasteiger partial charge is 0.362 e. The summed E-state index contributed by atoms with van der Waals surface area (Å²) in [6.45, 7) is 4.22. The second-order valence-corrected chi connectivity index (χ2v) is 5.02. The molecule has 0 aliphatic carbocycles. The molecule has 0 saturated carbocycles. The summed E-state index contributed by atoms with van der Waals surface area (Å²) in [5, 5.41) is 3.40. The quantitative estimate of drug-likeness (QED) is 0.772. The number of aromatic nitrogens is 2. The van der Waals surface area contributed by atoms with Gasteiger partial charge in [0.15, 0.2) is 0 Å². The van der Waals surface area contributed by atoms with Gasteiger partial charge in [-0.3, -0.25) is 4.98 Å². The van der Waals surface area contributed by atoms with E-state index in [-0.39, 0.29) is 6.04 Å². The van der Waals surface area contributed by atoms with E-state index in [0.717, 1.165) is 16.9 Å². The lowest BCUT2D eigenvalue weighted by Gasteiger charge is -2.15. The molecule has 3 heteroatoms. The Kier molecular flexibility index (Phi) is 3.33. The first kappa shape index (κ1) is 12.6. The number of nitrogens with zero attached hydrogens (tertiary/aromatic N) is 2. The van der Waals surface area contributed by atoms with Crippen molar-refractivity contribution in [1.82, 2.24) is 9.97 Å². The molecule has 0 aliphatic rings. The number of rotatable bonds is 3. The van der Waals surface area contributed by atoms with E-state index in [1.54, 1.807) is 6.20 Å². The van der Waals surface area contributed by atoms with Crippen molar-refractivity contribution in [3.8, 4) is 0 Å². The van der Waals surface area contributed by atoms with Crippen LogP contribution in [0.25, 0.3) is 11.0 Å². The van der Waals surface area contributed by atoms with Crippen LogP contribution >= 0.6 is 0 Å². The lowest BCUT2D eigenvalue weighted by atomic mass is 10.1. The second kappa shape index (κ2) is 5.29. The summed E-state index contributed by atoms with van der Waals surface area (Å²) in [4.78, 5) is 9.00. The Morgan fingerprint density at radius 2 is 1.65 bits per heavy atom. The third-order valence-electron chi connectivity index (χ3n) is 3.39. The van der Waals surface area contributed by atoms with Crippen LogP contribution in [0.4, 0.5) is 5.82 Å². The fourth-order valence-corrected chi connectivity index (χ4v) is 2.19. The summed E-state index contributed by atoms with van der Waals surface area (Å²) in [6, 6.07) is 16.6. The topological polar surface area (TPSA) is 37.8 Å². The van der Waals surface area contributed by atoms with Gasteiger partial charge in [0.25, 0.3) is 0 Å². The molecule has 0 saturated heterocycles. The fraction of sp³-hybridized carbons (Fsp3) is 0.176. The van der Waals surface area contributed by atoms with Gasteiger partial charge in [-0.05, 0) is 31.5 Å². The van der Waals surface area contributed by atoms with Crippen molar-refractivity contribution in [2.75, 3.05) is 5.32 Å². The molecule has 0 aliphatic heterocycles. The van der Waals surface area contributed by atoms with Crippen LogP contribution in [-0.4, -0.2) is 9.97 Å². The SMILES string of the molecule is Cc1ccc(C(C)Nc2cnc3ccccc3n2)cc1. The molecule has 3 rings (SSSR count). The van der Waals surface area contributed by atoms with Gasteiger partial charge in [-0.1, -0.05) is 42.0 Å². The van der Waals surface area contributed by atoms with E-state index >= 15 is 0 Å². The van der Waals surface area contributed by atoms with Crippen LogP contribution in [0, 0.1) is 6.92 Å². The van der Waals surface area contributed by atoms with E-state index in [9.17, 15) is 0 Å². The highest BCUT2D eigenvalue weighted by Gasteiger charge is 2.06. The second-order valence-electron chi connectivity index (χ2n) is 5.02. The molecule has 3 nitrogen and oxygen atoms in total. The molecule has 3 aromatic rings. The Labute approximate surface area is 118 Å². The van der Waals surface area contributed by atoms with Crippen LogP contribution in [0.2, 0.25) is 0 Å². The molecular weight excluding hydrogens is 246 g/mol. The van der Waals surface area contributed by atoms with Crippen molar-refractivity contribution in [2.24, 2.45) is 0 Å². The number of aryl methyl sites for hydroxylation is 1. The zero-order valence-corrected chi connectivity index (χ0v) is 11.7. The van der Waals surface area contributed by atoms with Gasteiger partial charge >= 0.3 is 0 Å². The summed E-state index contributed by atoms with van der Waals surface area (Å²) in [6.07, 6.45) is 1.78. The van der Waals surface area contributed by atoms with E-state index in [1.165, 1.54) is 11.1 Å². The minimum atomic E-state index is 0.200. The monoisotopic (exact) mass is 263 g/mol. The number of anilines is 1. The molecule has 0 spiro atoms. The van der Waals surface area contributed by atoms with Gasteiger partial charge < -0.3 is 5.32 Å². The summed E-state index contributed by atoms with van der Waals surface area (Å²) >= 11 is 0. The number of nitrogens with one attached hydrogen (secondary N) is 1. The van der Waals surface area contributed by atoms with Crippen molar-refractivity contribution in [3.63, 3.8) is 0 Å². The highest BCUT2D eigenvalue weighted by atomic mass is 15.0. The zero-order chi connectivity index (χ0) is 13.9. The Morgan fingerprint density at radius 3 is 2.40 bits per heavy atom. The Bertz CT molecular complexity index is 720. The molecule has 1 heterocycles. The third-order valence-corrected chi connectivity index (χ3v) is 3.39. The maximum Gasteiger partial charge on any atom is 0.145 e. The molecule has 1 aromatic heterocycles. The Hall–Kier alpha value is -2.42. The fourth-order valence-electron chi connectivity index (χ4n) is 2.19. The molecule has 2 aromatic carbocycles. The summed E-state index contributed by atoms with van der Waals surface area (Å²) in [5.41, 5.74) is 4.34. The van der Waals surface area contributed by atoms with Gasteiger partial charge in [0.05, 0.1) is 17.2 Å². The molecule has 20 heavy (non-hydrogen) atoms. The van der Waals surface area contributed by atoms with Crippen LogP contribution in [0.5, 0.6) is 0 Å². The standard InChI is InChI=1S/C17H17N3/c1-12-7-9-14(10-8-12)13(2)19-17-11-18-15-5-3-4-6-16(15)20-17/h3-11,13H,1-2H3,(H,19,20). The van der Waals surface area contributed by atoms with Crippen molar-refractivity contribution >= 4 is 16.9 Å². The highest BCUT2D eigenvalue weighted by Crippen LogP contribution is 2.19. The maximum atomic E-state index is 4.58. The van der Waals surface area contributed by atoms with Crippen molar-refractivity contribution in [3.05, 3.63) is 65.9 Å². The summed E-state index contributed by atoms with van der Waals surface area (Å²) in [7, 11) is 0. The molecule has 0 fully saturated rings. The molecule has 0 amide bonds. The van der Waals surface area contributed by atoms with Gasteiger partial charge in [-0.15, -0.1) is 0 Å². The number of benzene rings is 2. The average molecular weight is 263 g/mol. The lowest BCUT2D eigenvalue weighted by Crippen LogP contribution is -2.08. The normalized spacial score (nSPS) is 12.3. The van der Waals surface area contributed by atoms with E-state index in [4.69, 9.17) is 0 Å². The van der Waals surface area contributed by atoms with E-state index < -0.39 is 0 Å². The minimum absolute atomic E-state index is 0.200. The van der Waals surface area contributed by atoms with Gasteiger partial charge in [-0.2, -0.15) is 0 Å². The van der Waals surface area contributed by atoms with Gasteiger partial charge in [0, 0.05) is 6.04 Å². The third kappa shape index (κ3) is 2.62. The van der Waals surface area contributed by atoms with Crippen molar-refractivity contribution in [1.29, 1.82) is 0 Å². The highest BCUT2D eigenvalue weighted by molar-refractivity contribution is 5.75. The first-order valence-corrected chi connectivity index (χ1v) is 6.77. The van der Waals surface area contributed by atoms with Crippen LogP contribution in [0.3, 0.4) is 0 Å². The first-order valence-electron chi connectivity index (χ1n) is 6.77. The van der Waals surface area contributed by atoms with Crippen LogP contribution in [0.15, 0.2) is 54.7 Å². The smallest absolute Gasteiger partial charge is 0.145 e. The molecule has 100 valence electrons. The predicted molar refractivity (Wildman–Crippen MR) is 82.8 cm³/mol. The maximum absolute atomic E-state index is 4.58. The number of hydrogen-bond donors (Lipinski definition) is 1. The number of hydrogen-bond acceptors (Lipinski definition) is 3. The number of para-hydroxylation sites is 2. The van der Waals surface area contributed by atoms with Gasteiger partial charge in [0.2, 0.25) is 0 Å². The van der Waals surface area contributed by atoms with E-state index in [2.05, 4.69) is 53.4 Å². The van der Waals surface area contributed by atoms with Gasteiger partial charge in [0.1, 0.15) is 5.82 Å². The van der Waals surface area contributed by atoms with E-state index in [1.807, 2.05) is 24.3 Å². The molecule has 0 radical (unpaired) electrons. The van der Waals surface area contributed by atoms with Crippen LogP contribution in [-0.2, 0) is 0 Å². The molecular formula is C17H17N3. The molecule has 1 unspecified atom stereocenters. The Morgan fingerprint density at radius 1 is 0.950 bits per heavy atom. The van der Waals surface area contributed by atoms with Crippen LogP contribution < -0.4 is 5.32 Å². The lowest BCUT2D eigenvalue weighted by molar-refractivity contribution is 0.874. The van der Waals surface area contributed by atoms with Gasteiger partial charge in [-0.25, -0.2) is 4.98 Å². The molecule has 1 atom stereocenters.